The van der Waals surface area contributed by atoms with Crippen LogP contribution in [0.15, 0.2) is 10.4 Å². The summed E-state index contributed by atoms with van der Waals surface area (Å²) in [5.74, 6) is 0. The van der Waals surface area contributed by atoms with Crippen LogP contribution in [0.1, 0.15) is 0 Å². The van der Waals surface area contributed by atoms with Crippen molar-refractivity contribution >= 4 is 60.2 Å². The Morgan fingerprint density at radius 2 is 2.50 bits per heavy atom. The molecule has 10 heavy (non-hydrogen) atoms. The number of hydrogen-bond donors (Lipinski definition) is 3. The molecule has 7 heteroatoms. The number of nitrogens with one attached hydrogen (secondary N) is 1. The molecule has 1 aliphatic rings. The minimum absolute atomic E-state index is 0. The van der Waals surface area contributed by atoms with E-state index in [2.05, 4.69) is 17.5 Å². The number of carboxylic acid groups (broad SMARTS) is 1. The standard InChI is InChI=1S/C3H4N2O2S2.Na.H/c6-3(7)5-1-2(8)9-4-5;;/h1,4,8H,(H,6,7);;. The quantitative estimate of drug-likeness (QED) is 0.289. The predicted molar refractivity (Wildman–Crippen MR) is 44.8 cm³/mol. The van der Waals surface area contributed by atoms with Crippen LogP contribution >= 0.6 is 24.6 Å². The summed E-state index contributed by atoms with van der Waals surface area (Å²) >= 11 is 5.06. The maximum absolute atomic E-state index is 10.1. The van der Waals surface area contributed by atoms with Gasteiger partial charge < -0.3 is 5.11 Å². The second-order valence-electron chi connectivity index (χ2n) is 1.31. The molecule has 0 saturated carbocycles. The number of amides is 1. The molecule has 0 bridgehead atoms. The van der Waals surface area contributed by atoms with Gasteiger partial charge in [0.05, 0.1) is 10.4 Å². The molecule has 1 amide bonds. The number of rotatable bonds is 0. The van der Waals surface area contributed by atoms with Crippen molar-refractivity contribution in [1.82, 2.24) is 9.84 Å². The summed E-state index contributed by atoms with van der Waals surface area (Å²) in [7, 11) is 0. The zero-order valence-electron chi connectivity index (χ0n) is 4.24. The van der Waals surface area contributed by atoms with Crippen molar-refractivity contribution in [3.63, 3.8) is 0 Å². The Hall–Kier alpha value is 0.670. The summed E-state index contributed by atoms with van der Waals surface area (Å²) in [6.45, 7) is 0. The molecule has 2 N–H and O–H groups in total. The van der Waals surface area contributed by atoms with Crippen molar-refractivity contribution in [2.24, 2.45) is 0 Å². The monoisotopic (exact) mass is 188 g/mol. The van der Waals surface area contributed by atoms with E-state index in [1.54, 1.807) is 0 Å². The molecule has 0 spiro atoms. The molecule has 0 aromatic rings. The van der Waals surface area contributed by atoms with Crippen LogP contribution < -0.4 is 4.83 Å². The number of carbonyl (C=O) groups is 1. The van der Waals surface area contributed by atoms with E-state index in [-0.39, 0.29) is 29.6 Å². The van der Waals surface area contributed by atoms with Crippen LogP contribution in [0, 0.1) is 0 Å². The topological polar surface area (TPSA) is 52.6 Å². The van der Waals surface area contributed by atoms with Gasteiger partial charge in [0.2, 0.25) is 0 Å². The van der Waals surface area contributed by atoms with Crippen LogP contribution in [0.4, 0.5) is 4.79 Å². The first-order valence-electron chi connectivity index (χ1n) is 2.05. The van der Waals surface area contributed by atoms with E-state index in [4.69, 9.17) is 5.11 Å². The van der Waals surface area contributed by atoms with Crippen molar-refractivity contribution < 1.29 is 9.90 Å². The average Bonchev–Trinajstić information content (AvgIpc) is 2.14. The molecular weight excluding hydrogens is 183 g/mol. The van der Waals surface area contributed by atoms with Crippen molar-refractivity contribution in [2.45, 2.75) is 0 Å². The Morgan fingerprint density at radius 1 is 1.90 bits per heavy atom. The van der Waals surface area contributed by atoms with E-state index >= 15 is 0 Å². The molecule has 1 heterocycles. The molecule has 0 aromatic carbocycles. The molecular formula is C3H5N2NaO2S2. The zero-order valence-corrected chi connectivity index (χ0v) is 5.95. The molecule has 0 aliphatic carbocycles. The molecule has 52 valence electrons. The predicted octanol–water partition coefficient (Wildman–Crippen LogP) is 0.213. The van der Waals surface area contributed by atoms with Gasteiger partial charge in [-0.2, -0.15) is 4.83 Å². The third-order valence-corrected chi connectivity index (χ3v) is 1.69. The maximum atomic E-state index is 10.1. The van der Waals surface area contributed by atoms with Gasteiger partial charge in [-0.15, -0.1) is 12.6 Å². The first-order valence-corrected chi connectivity index (χ1v) is 3.32. The van der Waals surface area contributed by atoms with Gasteiger partial charge in [-0.1, -0.05) is 0 Å². The fourth-order valence-electron chi connectivity index (χ4n) is 0.353. The van der Waals surface area contributed by atoms with Crippen LogP contribution in [-0.4, -0.2) is 45.8 Å². The van der Waals surface area contributed by atoms with Crippen molar-refractivity contribution in [1.29, 1.82) is 0 Å². The van der Waals surface area contributed by atoms with Gasteiger partial charge in [-0.25, -0.2) is 9.80 Å². The molecule has 0 unspecified atom stereocenters. The van der Waals surface area contributed by atoms with Gasteiger partial charge in [0.25, 0.3) is 0 Å². The summed E-state index contributed by atoms with van der Waals surface area (Å²) in [6, 6.07) is 0. The van der Waals surface area contributed by atoms with Crippen LogP contribution in [0.2, 0.25) is 0 Å². The Morgan fingerprint density at radius 3 is 2.70 bits per heavy atom. The first kappa shape index (κ1) is 10.7. The Labute approximate surface area is 89.8 Å². The summed E-state index contributed by atoms with van der Waals surface area (Å²) < 4.78 is 0.636. The average molecular weight is 188 g/mol. The summed E-state index contributed by atoms with van der Waals surface area (Å²) in [6.07, 6.45) is 0.349. The summed E-state index contributed by atoms with van der Waals surface area (Å²) in [5.41, 5.74) is 0. The Balaban J connectivity index is 0.000000810. The van der Waals surface area contributed by atoms with Crippen LogP contribution in [0.5, 0.6) is 0 Å². The van der Waals surface area contributed by atoms with Gasteiger partial charge in [-0.3, -0.25) is 0 Å². The number of hydrazine groups is 1. The second kappa shape index (κ2) is 4.53. The summed E-state index contributed by atoms with van der Waals surface area (Å²) in [5, 5.41) is 9.24. The fraction of sp³-hybridized carbons (Fsp3) is 0. The van der Waals surface area contributed by atoms with E-state index in [0.29, 0.717) is 4.24 Å². The van der Waals surface area contributed by atoms with Crippen LogP contribution in [0.25, 0.3) is 0 Å². The molecule has 0 fully saturated rings. The molecule has 0 aromatic heterocycles. The SMILES string of the molecule is O=C(O)N1C=C(S)SN1.[NaH]. The minimum atomic E-state index is -1.04. The number of thiol groups is 1. The summed E-state index contributed by atoms with van der Waals surface area (Å²) in [4.78, 5) is 12.6. The molecule has 1 rings (SSSR count). The van der Waals surface area contributed by atoms with Crippen molar-refractivity contribution in [3.8, 4) is 0 Å². The van der Waals surface area contributed by atoms with E-state index in [1.807, 2.05) is 0 Å². The molecule has 4 nitrogen and oxygen atoms in total. The van der Waals surface area contributed by atoms with E-state index < -0.39 is 6.09 Å². The first-order chi connectivity index (χ1) is 4.20. The van der Waals surface area contributed by atoms with Gasteiger partial charge >= 0.3 is 35.7 Å². The van der Waals surface area contributed by atoms with Crippen molar-refractivity contribution in [2.75, 3.05) is 0 Å². The number of nitrogens with zero attached hydrogens (tertiary/aromatic N) is 1. The third-order valence-electron chi connectivity index (χ3n) is 0.694. The zero-order chi connectivity index (χ0) is 6.85. The van der Waals surface area contributed by atoms with Crippen molar-refractivity contribution in [3.05, 3.63) is 10.4 Å². The second-order valence-corrected chi connectivity index (χ2v) is 2.92. The van der Waals surface area contributed by atoms with Gasteiger partial charge in [0, 0.05) is 0 Å². The van der Waals surface area contributed by atoms with Crippen LogP contribution in [-0.2, 0) is 0 Å². The Kier molecular flexibility index (Phi) is 4.83. The van der Waals surface area contributed by atoms with Gasteiger partial charge in [0.15, 0.2) is 0 Å². The molecule has 1 aliphatic heterocycles. The van der Waals surface area contributed by atoms with Gasteiger partial charge in [-0.05, 0) is 11.9 Å². The van der Waals surface area contributed by atoms with Crippen LogP contribution in [0.3, 0.4) is 0 Å². The van der Waals surface area contributed by atoms with E-state index in [1.165, 1.54) is 6.20 Å². The molecule has 0 radical (unpaired) electrons. The fourth-order valence-corrected chi connectivity index (χ4v) is 1.07. The molecule has 0 atom stereocenters. The Bertz CT molecular complexity index is 174. The third kappa shape index (κ3) is 2.73. The van der Waals surface area contributed by atoms with Gasteiger partial charge in [0.1, 0.15) is 0 Å². The molecule has 0 saturated heterocycles. The normalized spacial score (nSPS) is 16.1. The number of hydrogen-bond acceptors (Lipinski definition) is 4. The van der Waals surface area contributed by atoms with E-state index in [9.17, 15) is 4.79 Å². The van der Waals surface area contributed by atoms with E-state index in [0.717, 1.165) is 17.0 Å².